The zero-order chi connectivity index (χ0) is 18.6. The van der Waals surface area contributed by atoms with Crippen LogP contribution < -0.4 is 11.1 Å². The third-order valence-electron chi connectivity index (χ3n) is 5.51. The Kier molecular flexibility index (Phi) is 5.88. The van der Waals surface area contributed by atoms with Crippen molar-refractivity contribution in [3.8, 4) is 0 Å². The van der Waals surface area contributed by atoms with Crippen LogP contribution in [0.15, 0.2) is 18.2 Å². The van der Waals surface area contributed by atoms with E-state index in [9.17, 15) is 9.59 Å². The number of nitrogens with zero attached hydrogens (tertiary/aromatic N) is 2. The number of piperidine rings is 1. The molecule has 2 aliphatic rings. The number of nitrogens with two attached hydrogens (primary N) is 1. The van der Waals surface area contributed by atoms with Crippen molar-refractivity contribution in [2.45, 2.75) is 32.6 Å². The van der Waals surface area contributed by atoms with E-state index in [4.69, 9.17) is 10.5 Å². The van der Waals surface area contributed by atoms with Crippen molar-refractivity contribution >= 4 is 17.6 Å². The van der Waals surface area contributed by atoms with Crippen molar-refractivity contribution < 1.29 is 14.3 Å². The molecule has 2 fully saturated rings. The van der Waals surface area contributed by atoms with Crippen LogP contribution in [-0.4, -0.2) is 54.5 Å². The molecule has 3 heterocycles. The summed E-state index contributed by atoms with van der Waals surface area (Å²) in [5, 5.41) is 2.88. The first-order valence-corrected chi connectivity index (χ1v) is 9.36. The SMILES string of the molecule is Cc1cccc(NC(=O)C2CCCN(C(=O)C3(CN)CCOCC3)C2)n1. The standard InChI is InChI=1S/C19H28N4O3/c1-14-4-2-6-16(21-14)22-17(24)15-5-3-9-23(12-15)18(25)19(13-20)7-10-26-11-8-19/h2,4,6,15H,3,5,7-13,20H2,1H3,(H,21,22,24). The molecule has 7 heteroatoms. The summed E-state index contributed by atoms with van der Waals surface area (Å²) in [5.41, 5.74) is 6.29. The number of carbonyl (C=O) groups is 2. The highest BCUT2D eigenvalue weighted by Crippen LogP contribution is 2.33. The summed E-state index contributed by atoms with van der Waals surface area (Å²) in [7, 11) is 0. The predicted octanol–water partition coefficient (Wildman–Crippen LogP) is 1.32. The molecule has 1 aromatic heterocycles. The lowest BCUT2D eigenvalue weighted by Gasteiger charge is -2.41. The van der Waals surface area contributed by atoms with E-state index in [0.717, 1.165) is 18.5 Å². The van der Waals surface area contributed by atoms with E-state index in [2.05, 4.69) is 10.3 Å². The molecule has 2 aliphatic heterocycles. The van der Waals surface area contributed by atoms with Crippen molar-refractivity contribution in [3.05, 3.63) is 23.9 Å². The quantitative estimate of drug-likeness (QED) is 0.844. The molecule has 26 heavy (non-hydrogen) atoms. The number of aromatic nitrogens is 1. The Labute approximate surface area is 154 Å². The fourth-order valence-electron chi connectivity index (χ4n) is 3.82. The summed E-state index contributed by atoms with van der Waals surface area (Å²) in [4.78, 5) is 31.9. The van der Waals surface area contributed by atoms with Gasteiger partial charge in [0.2, 0.25) is 11.8 Å². The van der Waals surface area contributed by atoms with Crippen LogP contribution >= 0.6 is 0 Å². The second kappa shape index (κ2) is 8.14. The molecule has 7 nitrogen and oxygen atoms in total. The largest absolute Gasteiger partial charge is 0.381 e. The molecule has 2 amide bonds. The molecule has 0 saturated carbocycles. The highest BCUT2D eigenvalue weighted by molar-refractivity contribution is 5.92. The molecular weight excluding hydrogens is 332 g/mol. The van der Waals surface area contributed by atoms with Crippen LogP contribution in [0, 0.1) is 18.3 Å². The fraction of sp³-hybridized carbons (Fsp3) is 0.632. The second-order valence-corrected chi connectivity index (χ2v) is 7.34. The molecule has 0 spiro atoms. The van der Waals surface area contributed by atoms with Crippen LogP contribution in [0.2, 0.25) is 0 Å². The molecule has 3 N–H and O–H groups in total. The normalized spacial score (nSPS) is 22.7. The van der Waals surface area contributed by atoms with Gasteiger partial charge in [0.15, 0.2) is 0 Å². The van der Waals surface area contributed by atoms with Gasteiger partial charge in [-0.25, -0.2) is 4.98 Å². The van der Waals surface area contributed by atoms with Crippen molar-refractivity contribution in [1.82, 2.24) is 9.88 Å². The predicted molar refractivity (Wildman–Crippen MR) is 98.4 cm³/mol. The van der Waals surface area contributed by atoms with E-state index in [1.807, 2.05) is 24.0 Å². The number of pyridine rings is 1. The molecule has 0 aliphatic carbocycles. The van der Waals surface area contributed by atoms with Crippen LogP contribution in [0.25, 0.3) is 0 Å². The summed E-state index contributed by atoms with van der Waals surface area (Å²) in [6.45, 7) is 4.49. The number of nitrogens with one attached hydrogen (secondary N) is 1. The van der Waals surface area contributed by atoms with Gasteiger partial charge in [-0.1, -0.05) is 6.07 Å². The molecule has 1 atom stereocenters. The third-order valence-corrected chi connectivity index (χ3v) is 5.51. The van der Waals surface area contributed by atoms with Crippen LogP contribution in [0.4, 0.5) is 5.82 Å². The molecule has 0 aromatic carbocycles. The maximum absolute atomic E-state index is 13.1. The summed E-state index contributed by atoms with van der Waals surface area (Å²) in [6, 6.07) is 5.53. The molecule has 3 rings (SSSR count). The second-order valence-electron chi connectivity index (χ2n) is 7.34. The van der Waals surface area contributed by atoms with Gasteiger partial charge in [0.05, 0.1) is 11.3 Å². The van der Waals surface area contributed by atoms with Crippen molar-refractivity contribution in [3.63, 3.8) is 0 Å². The lowest BCUT2D eigenvalue weighted by Crippen LogP contribution is -2.54. The molecular formula is C19H28N4O3. The summed E-state index contributed by atoms with van der Waals surface area (Å²) in [6.07, 6.45) is 2.91. The minimum absolute atomic E-state index is 0.0747. The lowest BCUT2D eigenvalue weighted by molar-refractivity contribution is -0.149. The van der Waals surface area contributed by atoms with Gasteiger partial charge >= 0.3 is 0 Å². The number of aryl methyl sites for hydroxylation is 1. The van der Waals surface area contributed by atoms with E-state index >= 15 is 0 Å². The molecule has 2 saturated heterocycles. The van der Waals surface area contributed by atoms with Gasteiger partial charge in [0.1, 0.15) is 5.82 Å². The summed E-state index contributed by atoms with van der Waals surface area (Å²) < 4.78 is 5.40. The monoisotopic (exact) mass is 360 g/mol. The van der Waals surface area contributed by atoms with Crippen LogP contribution in [0.1, 0.15) is 31.4 Å². The highest BCUT2D eigenvalue weighted by atomic mass is 16.5. The molecule has 0 bridgehead atoms. The Balaban J connectivity index is 1.64. The number of carbonyl (C=O) groups excluding carboxylic acids is 2. The van der Waals surface area contributed by atoms with E-state index in [1.165, 1.54) is 0 Å². The maximum Gasteiger partial charge on any atom is 0.230 e. The van der Waals surface area contributed by atoms with Gasteiger partial charge in [-0.3, -0.25) is 9.59 Å². The first-order chi connectivity index (χ1) is 12.5. The minimum atomic E-state index is -0.533. The van der Waals surface area contributed by atoms with Crippen LogP contribution in [-0.2, 0) is 14.3 Å². The third kappa shape index (κ3) is 4.04. The Hall–Kier alpha value is -1.99. The number of hydrogen-bond acceptors (Lipinski definition) is 5. The number of amides is 2. The van der Waals surface area contributed by atoms with Gasteiger partial charge in [-0.2, -0.15) is 0 Å². The number of anilines is 1. The Morgan fingerprint density at radius 2 is 2.15 bits per heavy atom. The molecule has 0 radical (unpaired) electrons. The van der Waals surface area contributed by atoms with Gasteiger partial charge in [-0.15, -0.1) is 0 Å². The summed E-state index contributed by atoms with van der Waals surface area (Å²) in [5.74, 6) is 0.342. The van der Waals surface area contributed by atoms with E-state index in [-0.39, 0.29) is 17.7 Å². The topological polar surface area (TPSA) is 97.6 Å². The van der Waals surface area contributed by atoms with Gasteiger partial charge in [0.25, 0.3) is 0 Å². The van der Waals surface area contributed by atoms with E-state index < -0.39 is 5.41 Å². The van der Waals surface area contributed by atoms with E-state index in [0.29, 0.717) is 51.5 Å². The van der Waals surface area contributed by atoms with Crippen molar-refractivity contribution in [2.75, 3.05) is 38.2 Å². The van der Waals surface area contributed by atoms with Crippen molar-refractivity contribution in [1.29, 1.82) is 0 Å². The van der Waals surface area contributed by atoms with Gasteiger partial charge in [-0.05, 0) is 44.7 Å². The Morgan fingerprint density at radius 1 is 1.38 bits per heavy atom. The number of hydrogen-bond donors (Lipinski definition) is 2. The first-order valence-electron chi connectivity index (χ1n) is 9.36. The average Bonchev–Trinajstić information content (AvgIpc) is 2.68. The van der Waals surface area contributed by atoms with Gasteiger partial charge < -0.3 is 20.7 Å². The minimum Gasteiger partial charge on any atom is -0.381 e. The number of ether oxygens (including phenoxy) is 1. The van der Waals surface area contributed by atoms with Crippen molar-refractivity contribution in [2.24, 2.45) is 17.1 Å². The fourth-order valence-corrected chi connectivity index (χ4v) is 3.82. The van der Waals surface area contributed by atoms with Crippen LogP contribution in [0.5, 0.6) is 0 Å². The lowest BCUT2D eigenvalue weighted by atomic mass is 9.78. The zero-order valence-corrected chi connectivity index (χ0v) is 15.4. The smallest absolute Gasteiger partial charge is 0.230 e. The highest BCUT2D eigenvalue weighted by Gasteiger charge is 2.43. The van der Waals surface area contributed by atoms with E-state index in [1.54, 1.807) is 6.07 Å². The first kappa shape index (κ1) is 18.8. The average molecular weight is 360 g/mol. The summed E-state index contributed by atoms with van der Waals surface area (Å²) >= 11 is 0. The van der Waals surface area contributed by atoms with Gasteiger partial charge in [0, 0.05) is 38.5 Å². The molecule has 1 aromatic rings. The maximum atomic E-state index is 13.1. The van der Waals surface area contributed by atoms with Crippen LogP contribution in [0.3, 0.4) is 0 Å². The Morgan fingerprint density at radius 3 is 2.85 bits per heavy atom. The number of likely N-dealkylation sites (tertiary alicyclic amines) is 1. The Bertz CT molecular complexity index is 658. The zero-order valence-electron chi connectivity index (χ0n) is 15.4. The molecule has 142 valence electrons. The molecule has 1 unspecified atom stereocenters. The number of rotatable bonds is 4.